The van der Waals surface area contributed by atoms with Gasteiger partial charge >= 0.3 is 0 Å². The summed E-state index contributed by atoms with van der Waals surface area (Å²) in [4.78, 5) is 0. The molecule has 0 aromatic rings. The molecule has 2 heterocycles. The van der Waals surface area contributed by atoms with E-state index in [1.54, 1.807) is 0 Å². The molecule has 0 spiro atoms. The normalized spacial score (nSPS) is 29.0. The van der Waals surface area contributed by atoms with Gasteiger partial charge in [0, 0.05) is 32.8 Å². The zero-order valence-electron chi connectivity index (χ0n) is 9.55. The van der Waals surface area contributed by atoms with E-state index in [4.69, 9.17) is 9.47 Å². The van der Waals surface area contributed by atoms with Crippen molar-refractivity contribution < 1.29 is 9.47 Å². The molecule has 4 heteroatoms. The van der Waals surface area contributed by atoms with Crippen LogP contribution >= 0.6 is 0 Å². The molecule has 0 aliphatic carbocycles. The van der Waals surface area contributed by atoms with Crippen LogP contribution in [0.3, 0.4) is 0 Å². The van der Waals surface area contributed by atoms with Crippen molar-refractivity contribution in [2.45, 2.75) is 31.5 Å². The highest BCUT2D eigenvalue weighted by Crippen LogP contribution is 2.14. The highest BCUT2D eigenvalue weighted by atomic mass is 16.5. The molecule has 2 saturated heterocycles. The van der Waals surface area contributed by atoms with Crippen molar-refractivity contribution in [3.63, 3.8) is 0 Å². The Morgan fingerprint density at radius 3 is 3.00 bits per heavy atom. The molecule has 2 N–H and O–H groups in total. The van der Waals surface area contributed by atoms with E-state index in [9.17, 15) is 0 Å². The Morgan fingerprint density at radius 2 is 2.40 bits per heavy atom. The highest BCUT2D eigenvalue weighted by molar-refractivity contribution is 4.90. The molecular formula is C11H22N2O2. The first kappa shape index (κ1) is 11.3. The van der Waals surface area contributed by atoms with Crippen LogP contribution in [0.5, 0.6) is 0 Å². The third-order valence-electron chi connectivity index (χ3n) is 3.12. The lowest BCUT2D eigenvalue weighted by atomic mass is 10.0. The molecule has 4 nitrogen and oxygen atoms in total. The van der Waals surface area contributed by atoms with Crippen LogP contribution in [0.25, 0.3) is 0 Å². The average molecular weight is 214 g/mol. The molecule has 88 valence electrons. The molecule has 0 radical (unpaired) electrons. The van der Waals surface area contributed by atoms with Gasteiger partial charge in [-0.2, -0.15) is 0 Å². The second kappa shape index (κ2) is 5.25. The third-order valence-corrected chi connectivity index (χ3v) is 3.12. The predicted octanol–water partition coefficient (Wildman–Crippen LogP) is 0.134. The highest BCUT2D eigenvalue weighted by Gasteiger charge is 2.31. The summed E-state index contributed by atoms with van der Waals surface area (Å²) in [5.41, 5.74) is 0.0888. The molecule has 15 heavy (non-hydrogen) atoms. The van der Waals surface area contributed by atoms with Gasteiger partial charge in [0.25, 0.3) is 0 Å². The van der Waals surface area contributed by atoms with E-state index < -0.39 is 0 Å². The Labute approximate surface area is 91.7 Å². The van der Waals surface area contributed by atoms with Crippen LogP contribution in [0.2, 0.25) is 0 Å². The topological polar surface area (TPSA) is 42.5 Å². The smallest absolute Gasteiger partial charge is 0.0902 e. The van der Waals surface area contributed by atoms with E-state index in [0.717, 1.165) is 39.4 Å². The zero-order chi connectivity index (χ0) is 10.6. The zero-order valence-corrected chi connectivity index (χ0v) is 9.55. The van der Waals surface area contributed by atoms with Crippen molar-refractivity contribution in [3.8, 4) is 0 Å². The lowest BCUT2D eigenvalue weighted by Crippen LogP contribution is -2.59. The van der Waals surface area contributed by atoms with Crippen LogP contribution in [-0.4, -0.2) is 51.1 Å². The van der Waals surface area contributed by atoms with Gasteiger partial charge in [0.1, 0.15) is 0 Å². The Morgan fingerprint density at radius 1 is 1.53 bits per heavy atom. The molecule has 2 aliphatic heterocycles. The van der Waals surface area contributed by atoms with E-state index in [-0.39, 0.29) is 5.60 Å². The minimum Gasteiger partial charge on any atom is -0.377 e. The van der Waals surface area contributed by atoms with Crippen molar-refractivity contribution in [1.82, 2.24) is 10.6 Å². The monoisotopic (exact) mass is 214 g/mol. The number of ether oxygens (including phenoxy) is 2. The molecule has 2 aliphatic rings. The van der Waals surface area contributed by atoms with Crippen LogP contribution in [0.1, 0.15) is 19.8 Å². The van der Waals surface area contributed by atoms with Crippen LogP contribution in [0.15, 0.2) is 0 Å². The summed E-state index contributed by atoms with van der Waals surface area (Å²) in [6.45, 7) is 7.76. The van der Waals surface area contributed by atoms with E-state index in [0.29, 0.717) is 6.10 Å². The summed E-state index contributed by atoms with van der Waals surface area (Å²) >= 11 is 0. The average Bonchev–Trinajstić information content (AvgIpc) is 2.67. The standard InChI is InChI=1S/C11H22N2O2/c1-11(8-13-9-11)15-6-4-12-7-10-3-2-5-14-10/h10,12-13H,2-9H2,1H3. The molecule has 0 aromatic heterocycles. The number of nitrogens with one attached hydrogen (secondary N) is 2. The maximum Gasteiger partial charge on any atom is 0.0902 e. The Kier molecular flexibility index (Phi) is 3.97. The van der Waals surface area contributed by atoms with Crippen LogP contribution < -0.4 is 10.6 Å². The minimum absolute atomic E-state index is 0.0888. The molecule has 1 unspecified atom stereocenters. The Balaban J connectivity index is 1.44. The van der Waals surface area contributed by atoms with Crippen molar-refractivity contribution in [3.05, 3.63) is 0 Å². The van der Waals surface area contributed by atoms with Gasteiger partial charge in [0.2, 0.25) is 0 Å². The SMILES string of the molecule is CC1(OCCNCC2CCCO2)CNC1. The second-order valence-corrected chi connectivity index (χ2v) is 4.74. The van der Waals surface area contributed by atoms with E-state index >= 15 is 0 Å². The first-order valence-corrected chi connectivity index (χ1v) is 5.95. The van der Waals surface area contributed by atoms with Gasteiger partial charge in [0.15, 0.2) is 0 Å². The van der Waals surface area contributed by atoms with E-state index in [1.807, 2.05) is 0 Å². The molecule has 0 saturated carbocycles. The van der Waals surface area contributed by atoms with Crippen molar-refractivity contribution in [2.75, 3.05) is 39.4 Å². The maximum absolute atomic E-state index is 5.76. The van der Waals surface area contributed by atoms with Gasteiger partial charge in [-0.05, 0) is 19.8 Å². The van der Waals surface area contributed by atoms with Gasteiger partial charge in [-0.15, -0.1) is 0 Å². The Hall–Kier alpha value is -0.160. The maximum atomic E-state index is 5.76. The molecular weight excluding hydrogens is 192 g/mol. The fraction of sp³-hybridized carbons (Fsp3) is 1.00. The lowest BCUT2D eigenvalue weighted by molar-refractivity contribution is -0.0651. The first-order valence-electron chi connectivity index (χ1n) is 5.95. The van der Waals surface area contributed by atoms with Gasteiger partial charge in [-0.3, -0.25) is 0 Å². The first-order chi connectivity index (χ1) is 7.29. The predicted molar refractivity (Wildman–Crippen MR) is 59.1 cm³/mol. The van der Waals surface area contributed by atoms with Gasteiger partial charge in [0.05, 0.1) is 18.3 Å². The largest absolute Gasteiger partial charge is 0.377 e. The van der Waals surface area contributed by atoms with Gasteiger partial charge in [-0.1, -0.05) is 0 Å². The van der Waals surface area contributed by atoms with Gasteiger partial charge in [-0.25, -0.2) is 0 Å². The summed E-state index contributed by atoms with van der Waals surface area (Å²) in [7, 11) is 0. The molecule has 1 atom stereocenters. The molecule has 0 amide bonds. The van der Waals surface area contributed by atoms with Crippen LogP contribution in [-0.2, 0) is 9.47 Å². The summed E-state index contributed by atoms with van der Waals surface area (Å²) in [6, 6.07) is 0. The summed E-state index contributed by atoms with van der Waals surface area (Å²) < 4.78 is 11.3. The molecule has 0 bridgehead atoms. The quantitative estimate of drug-likeness (QED) is 0.617. The lowest BCUT2D eigenvalue weighted by Gasteiger charge is -2.39. The molecule has 2 rings (SSSR count). The van der Waals surface area contributed by atoms with Crippen LogP contribution in [0, 0.1) is 0 Å². The van der Waals surface area contributed by atoms with Crippen molar-refractivity contribution in [2.24, 2.45) is 0 Å². The van der Waals surface area contributed by atoms with Crippen molar-refractivity contribution >= 4 is 0 Å². The third kappa shape index (κ3) is 3.41. The fourth-order valence-corrected chi connectivity index (χ4v) is 2.02. The van der Waals surface area contributed by atoms with E-state index in [2.05, 4.69) is 17.6 Å². The van der Waals surface area contributed by atoms with Gasteiger partial charge < -0.3 is 20.1 Å². The van der Waals surface area contributed by atoms with Crippen LogP contribution in [0.4, 0.5) is 0 Å². The number of hydrogen-bond acceptors (Lipinski definition) is 4. The summed E-state index contributed by atoms with van der Waals surface area (Å²) in [6.07, 6.45) is 2.85. The number of rotatable bonds is 6. The second-order valence-electron chi connectivity index (χ2n) is 4.74. The van der Waals surface area contributed by atoms with E-state index in [1.165, 1.54) is 12.8 Å². The summed E-state index contributed by atoms with van der Waals surface area (Å²) in [5.74, 6) is 0. The molecule has 2 fully saturated rings. The molecule has 0 aromatic carbocycles. The Bertz CT molecular complexity index is 189. The summed E-state index contributed by atoms with van der Waals surface area (Å²) in [5, 5.41) is 6.60. The van der Waals surface area contributed by atoms with Crippen molar-refractivity contribution in [1.29, 1.82) is 0 Å². The fourth-order valence-electron chi connectivity index (χ4n) is 2.02. The minimum atomic E-state index is 0.0888. The number of hydrogen-bond donors (Lipinski definition) is 2.